The number of para-hydroxylation sites is 1. The highest BCUT2D eigenvalue weighted by Crippen LogP contribution is 2.32. The minimum Gasteiger partial charge on any atom is -0.321 e. The molecule has 0 heterocycles. The van der Waals surface area contributed by atoms with Crippen molar-refractivity contribution in [3.8, 4) is 0 Å². The Kier molecular flexibility index (Phi) is 5.88. The summed E-state index contributed by atoms with van der Waals surface area (Å²) in [5, 5.41) is 13.3. The number of halogens is 3. The fourth-order valence-electron chi connectivity index (χ4n) is 1.76. The molecule has 0 aromatic heterocycles. The normalized spacial score (nSPS) is 10.6. The molecule has 0 aliphatic heterocycles. The molecule has 5 nitrogen and oxygen atoms in total. The number of carbonyl (C=O) groups excluding carboxylic acids is 1. The summed E-state index contributed by atoms with van der Waals surface area (Å²) in [6.45, 7) is 0. The molecule has 0 saturated carbocycles. The minimum absolute atomic E-state index is 0.108. The number of non-ortho nitro benzene ring substituents is 1. The Labute approximate surface area is 147 Å². The first-order valence-electron chi connectivity index (χ1n) is 6.17. The fraction of sp³-hybridized carbons (Fsp3) is 0.0714. The molecule has 2 rings (SSSR count). The lowest BCUT2D eigenvalue weighted by atomic mass is 10.2. The number of nitrogens with zero attached hydrogens (tertiary/aromatic N) is 1. The molecule has 9 heteroatoms. The van der Waals surface area contributed by atoms with Gasteiger partial charge in [0.15, 0.2) is 0 Å². The molecule has 0 fully saturated rings. The number of nitrogens with one attached hydrogen (secondary N) is 1. The first kappa shape index (κ1) is 17.6. The number of rotatable bonds is 5. The predicted octanol–water partition coefficient (Wildman–Crippen LogP) is 4.77. The van der Waals surface area contributed by atoms with Crippen molar-refractivity contribution in [1.29, 1.82) is 0 Å². The van der Waals surface area contributed by atoms with Crippen molar-refractivity contribution >= 4 is 51.6 Å². The molecule has 120 valence electrons. The highest BCUT2D eigenvalue weighted by atomic mass is 127. The van der Waals surface area contributed by atoms with E-state index in [9.17, 15) is 23.7 Å². The van der Waals surface area contributed by atoms with E-state index in [1.54, 1.807) is 12.1 Å². The van der Waals surface area contributed by atoms with Crippen molar-refractivity contribution in [3.05, 3.63) is 61.7 Å². The van der Waals surface area contributed by atoms with Crippen LogP contribution in [-0.4, -0.2) is 16.6 Å². The summed E-state index contributed by atoms with van der Waals surface area (Å²) in [5.74, 6) is -3.22. The maximum absolute atomic E-state index is 12.5. The van der Waals surface area contributed by atoms with Gasteiger partial charge in [-0.3, -0.25) is 14.9 Å². The van der Waals surface area contributed by atoms with Crippen LogP contribution < -0.4 is 5.32 Å². The Morgan fingerprint density at radius 3 is 2.61 bits per heavy atom. The Bertz CT molecular complexity index is 759. The number of amides is 1. The molecule has 0 spiro atoms. The summed E-state index contributed by atoms with van der Waals surface area (Å²) in [6.07, 6.45) is 0. The van der Waals surface area contributed by atoms with E-state index in [1.165, 1.54) is 24.3 Å². The average Bonchev–Trinajstić information content (AvgIpc) is 2.48. The largest absolute Gasteiger partial charge is 0.321 e. The first-order valence-corrected chi connectivity index (χ1v) is 8.13. The summed E-state index contributed by atoms with van der Waals surface area (Å²) in [6, 6.07) is 10.0. The van der Waals surface area contributed by atoms with Gasteiger partial charge < -0.3 is 5.32 Å². The number of hydrogen-bond acceptors (Lipinski definition) is 4. The van der Waals surface area contributed by atoms with Gasteiger partial charge in [0, 0.05) is 20.6 Å². The summed E-state index contributed by atoms with van der Waals surface area (Å²) in [7, 11) is 0. The van der Waals surface area contributed by atoms with Crippen LogP contribution >= 0.6 is 34.4 Å². The smallest absolute Gasteiger partial charge is 0.288 e. The van der Waals surface area contributed by atoms with Gasteiger partial charge >= 0.3 is 0 Å². The molecular formula is C14H9F2IN2O3S. The Morgan fingerprint density at radius 1 is 1.26 bits per heavy atom. The SMILES string of the molecule is O=C(Nc1ccccc1SC(F)F)c1cc([N+](=O)[O-])ccc1I. The number of hydrogen-bond donors (Lipinski definition) is 1. The van der Waals surface area contributed by atoms with Crippen LogP contribution in [0.3, 0.4) is 0 Å². The molecule has 0 unspecified atom stereocenters. The highest BCUT2D eigenvalue weighted by molar-refractivity contribution is 14.1. The molecule has 0 aliphatic carbocycles. The minimum atomic E-state index is -2.62. The number of nitro groups is 1. The van der Waals surface area contributed by atoms with Crippen LogP contribution in [0.1, 0.15) is 10.4 Å². The molecule has 0 bridgehead atoms. The number of alkyl halides is 2. The Balaban J connectivity index is 2.30. The summed E-state index contributed by atoms with van der Waals surface area (Å²) in [4.78, 5) is 22.7. The summed E-state index contributed by atoms with van der Waals surface area (Å²) in [5.41, 5.74) is 0.118. The van der Waals surface area contributed by atoms with E-state index in [0.717, 1.165) is 6.07 Å². The third-order valence-corrected chi connectivity index (χ3v) is 4.49. The maximum atomic E-state index is 12.5. The second kappa shape index (κ2) is 7.68. The number of anilines is 1. The van der Waals surface area contributed by atoms with Crippen molar-refractivity contribution < 1.29 is 18.5 Å². The lowest BCUT2D eigenvalue weighted by molar-refractivity contribution is -0.384. The van der Waals surface area contributed by atoms with Gasteiger partial charge in [0.25, 0.3) is 17.4 Å². The second-order valence-corrected chi connectivity index (χ2v) is 6.44. The van der Waals surface area contributed by atoms with E-state index in [1.807, 2.05) is 22.6 Å². The molecule has 2 aromatic rings. The molecule has 23 heavy (non-hydrogen) atoms. The van der Waals surface area contributed by atoms with Crippen molar-refractivity contribution in [2.45, 2.75) is 10.7 Å². The van der Waals surface area contributed by atoms with Gasteiger partial charge in [0.2, 0.25) is 0 Å². The number of benzene rings is 2. The molecule has 2 aromatic carbocycles. The monoisotopic (exact) mass is 450 g/mol. The molecule has 0 aliphatic rings. The van der Waals surface area contributed by atoms with E-state index >= 15 is 0 Å². The highest BCUT2D eigenvalue weighted by Gasteiger charge is 2.17. The average molecular weight is 450 g/mol. The van der Waals surface area contributed by atoms with Gasteiger partial charge in [0.05, 0.1) is 16.2 Å². The quantitative estimate of drug-likeness (QED) is 0.309. The van der Waals surface area contributed by atoms with Crippen LogP contribution in [0.2, 0.25) is 0 Å². The van der Waals surface area contributed by atoms with Gasteiger partial charge in [-0.2, -0.15) is 8.78 Å². The van der Waals surface area contributed by atoms with Crippen molar-refractivity contribution in [2.75, 3.05) is 5.32 Å². The topological polar surface area (TPSA) is 72.2 Å². The van der Waals surface area contributed by atoms with E-state index in [-0.39, 0.29) is 21.8 Å². The third-order valence-electron chi connectivity index (χ3n) is 2.76. The van der Waals surface area contributed by atoms with Crippen LogP contribution in [0.5, 0.6) is 0 Å². The third kappa shape index (κ3) is 4.61. The fourth-order valence-corrected chi connectivity index (χ4v) is 2.93. The van der Waals surface area contributed by atoms with Crippen LogP contribution in [-0.2, 0) is 0 Å². The molecule has 0 atom stereocenters. The van der Waals surface area contributed by atoms with E-state index in [4.69, 9.17) is 0 Å². The van der Waals surface area contributed by atoms with Crippen LogP contribution in [0.15, 0.2) is 47.4 Å². The lowest BCUT2D eigenvalue weighted by Crippen LogP contribution is -2.14. The lowest BCUT2D eigenvalue weighted by Gasteiger charge is -2.11. The first-order chi connectivity index (χ1) is 10.9. The summed E-state index contributed by atoms with van der Waals surface area (Å²) >= 11 is 2.19. The van der Waals surface area contributed by atoms with Gasteiger partial charge in [-0.1, -0.05) is 23.9 Å². The number of carbonyl (C=O) groups is 1. The van der Waals surface area contributed by atoms with E-state index in [0.29, 0.717) is 15.3 Å². The second-order valence-electron chi connectivity index (χ2n) is 4.25. The molecule has 0 saturated heterocycles. The van der Waals surface area contributed by atoms with Crippen LogP contribution in [0, 0.1) is 13.7 Å². The predicted molar refractivity (Wildman–Crippen MR) is 92.1 cm³/mol. The Hall–Kier alpha value is -1.75. The van der Waals surface area contributed by atoms with Crippen LogP contribution in [0.4, 0.5) is 20.2 Å². The van der Waals surface area contributed by atoms with Crippen molar-refractivity contribution in [1.82, 2.24) is 0 Å². The number of nitro benzene ring substituents is 1. The van der Waals surface area contributed by atoms with Gasteiger partial charge in [-0.15, -0.1) is 0 Å². The van der Waals surface area contributed by atoms with Crippen LogP contribution in [0.25, 0.3) is 0 Å². The van der Waals surface area contributed by atoms with Gasteiger partial charge in [0.1, 0.15) is 0 Å². The van der Waals surface area contributed by atoms with E-state index in [2.05, 4.69) is 5.32 Å². The van der Waals surface area contributed by atoms with Gasteiger partial charge in [-0.25, -0.2) is 0 Å². The molecule has 0 radical (unpaired) electrons. The van der Waals surface area contributed by atoms with Gasteiger partial charge in [-0.05, 0) is 40.8 Å². The number of thioether (sulfide) groups is 1. The van der Waals surface area contributed by atoms with Crippen molar-refractivity contribution in [3.63, 3.8) is 0 Å². The molecule has 1 N–H and O–H groups in total. The zero-order valence-electron chi connectivity index (χ0n) is 11.3. The zero-order valence-corrected chi connectivity index (χ0v) is 14.3. The Morgan fingerprint density at radius 2 is 1.96 bits per heavy atom. The standard InChI is InChI=1S/C14H9F2IN2O3S/c15-14(16)23-12-4-2-1-3-11(12)18-13(20)9-7-8(19(21)22)5-6-10(9)17/h1-7,14H,(H,18,20). The zero-order chi connectivity index (χ0) is 17.0. The molecule has 1 amide bonds. The maximum Gasteiger partial charge on any atom is 0.288 e. The van der Waals surface area contributed by atoms with Crippen molar-refractivity contribution in [2.24, 2.45) is 0 Å². The molecular weight excluding hydrogens is 441 g/mol. The van der Waals surface area contributed by atoms with E-state index < -0.39 is 16.6 Å². The summed E-state index contributed by atoms with van der Waals surface area (Å²) < 4.78 is 25.6.